The molecule has 266 valence electrons. The van der Waals surface area contributed by atoms with Gasteiger partial charge in [0.05, 0.1) is 34.4 Å². The van der Waals surface area contributed by atoms with Crippen molar-refractivity contribution in [1.29, 1.82) is 0 Å². The van der Waals surface area contributed by atoms with Crippen LogP contribution in [0.3, 0.4) is 0 Å². The normalized spacial score (nSPS) is 13.5. The molecular weight excluding hydrogens is 582 g/mol. The fourth-order valence-corrected chi connectivity index (χ4v) is 5.03. The quantitative estimate of drug-likeness (QED) is 0.0347. The summed E-state index contributed by atoms with van der Waals surface area (Å²) in [5.74, 6) is -1.49. The fourth-order valence-electron chi connectivity index (χ4n) is 5.03. The van der Waals surface area contributed by atoms with Crippen LogP contribution in [-0.2, 0) is 28.6 Å². The van der Waals surface area contributed by atoms with Gasteiger partial charge in [-0.15, -0.1) is 0 Å². The molecule has 0 radical (unpaired) electrons. The van der Waals surface area contributed by atoms with E-state index in [1.165, 1.54) is 44.9 Å². The van der Waals surface area contributed by atoms with Crippen LogP contribution in [0.5, 0.6) is 0 Å². The summed E-state index contributed by atoms with van der Waals surface area (Å²) in [6.45, 7) is 4.53. The van der Waals surface area contributed by atoms with Gasteiger partial charge in [-0.1, -0.05) is 121 Å². The highest BCUT2D eigenvalue weighted by atomic mass is 16.6. The highest BCUT2D eigenvalue weighted by Crippen LogP contribution is 2.13. The summed E-state index contributed by atoms with van der Waals surface area (Å²) in [5, 5.41) is 9.55. The van der Waals surface area contributed by atoms with Crippen LogP contribution >= 0.6 is 0 Å². The number of rotatable bonds is 31. The number of hydrogen-bond donors (Lipinski definition) is 1. The number of carboxylic acid groups (broad SMARTS) is 1. The van der Waals surface area contributed by atoms with E-state index in [9.17, 15) is 19.5 Å². The van der Waals surface area contributed by atoms with Crippen molar-refractivity contribution in [3.8, 4) is 0 Å². The molecule has 0 heterocycles. The molecule has 0 spiro atoms. The maximum absolute atomic E-state index is 12.6. The van der Waals surface area contributed by atoms with Crippen LogP contribution in [0.15, 0.2) is 36.5 Å². The van der Waals surface area contributed by atoms with Crippen LogP contribution < -0.4 is 0 Å². The number of ether oxygens (including phenoxy) is 3. The first-order valence-corrected chi connectivity index (χ1v) is 18.1. The van der Waals surface area contributed by atoms with E-state index >= 15 is 0 Å². The number of carboxylic acids is 1. The minimum Gasteiger partial charge on any atom is -0.477 e. The second-order valence-corrected chi connectivity index (χ2v) is 13.2. The zero-order valence-corrected chi connectivity index (χ0v) is 30.0. The maximum Gasteiger partial charge on any atom is 0.362 e. The van der Waals surface area contributed by atoms with Crippen LogP contribution in [0.4, 0.5) is 0 Å². The van der Waals surface area contributed by atoms with Crippen LogP contribution in [-0.4, -0.2) is 80.6 Å². The summed E-state index contributed by atoms with van der Waals surface area (Å²) in [6.07, 6.45) is 30.5. The highest BCUT2D eigenvalue weighted by molar-refractivity contribution is 5.72. The lowest BCUT2D eigenvalue weighted by Crippen LogP contribution is -2.50. The monoisotopic (exact) mass is 650 g/mol. The number of carbonyl (C=O) groups excluding carboxylic acids is 2. The number of likely N-dealkylation sites (N-methyl/N-ethyl adjacent to an activating group) is 1. The molecule has 1 N–H and O–H groups in total. The van der Waals surface area contributed by atoms with Gasteiger partial charge in [0, 0.05) is 19.3 Å². The molecule has 2 atom stereocenters. The summed E-state index contributed by atoms with van der Waals surface area (Å²) < 4.78 is 17.1. The number of aliphatic carboxylic acids is 1. The Morgan fingerprint density at radius 3 is 1.78 bits per heavy atom. The van der Waals surface area contributed by atoms with E-state index < -0.39 is 18.1 Å². The molecular formula is C38H68NO7+. The molecule has 2 unspecified atom stereocenters. The predicted octanol–water partition coefficient (Wildman–Crippen LogP) is 8.74. The van der Waals surface area contributed by atoms with Crippen molar-refractivity contribution in [3.05, 3.63) is 36.5 Å². The molecule has 0 aromatic rings. The third-order valence-corrected chi connectivity index (χ3v) is 7.87. The first-order chi connectivity index (χ1) is 22.1. The van der Waals surface area contributed by atoms with Gasteiger partial charge in [0.25, 0.3) is 0 Å². The lowest BCUT2D eigenvalue weighted by molar-refractivity contribution is -0.887. The molecule has 0 aliphatic carbocycles. The second-order valence-electron chi connectivity index (χ2n) is 13.2. The third kappa shape index (κ3) is 27.8. The zero-order chi connectivity index (χ0) is 34.3. The summed E-state index contributed by atoms with van der Waals surface area (Å²) >= 11 is 0. The van der Waals surface area contributed by atoms with Crippen LogP contribution in [0.2, 0.25) is 0 Å². The number of allylic oxidation sites excluding steroid dienone is 6. The molecule has 0 aromatic heterocycles. The van der Waals surface area contributed by atoms with E-state index in [0.29, 0.717) is 19.3 Å². The fraction of sp³-hybridized carbons (Fsp3) is 0.763. The highest BCUT2D eigenvalue weighted by Gasteiger charge is 2.31. The first-order valence-electron chi connectivity index (χ1n) is 18.1. The van der Waals surface area contributed by atoms with Gasteiger partial charge >= 0.3 is 17.9 Å². The Bertz CT molecular complexity index is 860. The van der Waals surface area contributed by atoms with Gasteiger partial charge < -0.3 is 23.8 Å². The Morgan fingerprint density at radius 2 is 1.22 bits per heavy atom. The molecule has 0 amide bonds. The molecule has 0 bridgehead atoms. The standard InChI is InChI=1S/C38H67NO7/c1-6-8-10-12-14-15-16-17-18-19-20-21-23-25-27-29-37(41)46-34(32-44-31-30-35(38(42)43)39(3,4)5)33-45-36(40)28-26-24-22-13-11-9-7-2/h8,10,12,14-16,34-35H,6-7,9,11,13,17-33H2,1-5H3/p+1/b10-8+,14-12+,16-15+. The smallest absolute Gasteiger partial charge is 0.362 e. The number of nitrogens with zero attached hydrogens (tertiary/aromatic N) is 1. The molecule has 0 fully saturated rings. The molecule has 0 aromatic carbocycles. The predicted molar refractivity (Wildman–Crippen MR) is 188 cm³/mol. The summed E-state index contributed by atoms with van der Waals surface area (Å²) in [6, 6.07) is -0.613. The molecule has 0 aliphatic rings. The maximum atomic E-state index is 12.6. The van der Waals surface area contributed by atoms with E-state index in [1.54, 1.807) is 0 Å². The first kappa shape index (κ1) is 43.5. The topological polar surface area (TPSA) is 99.1 Å². The largest absolute Gasteiger partial charge is 0.477 e. The summed E-state index contributed by atoms with van der Waals surface area (Å²) in [5.41, 5.74) is 0. The molecule has 0 aliphatic heterocycles. The van der Waals surface area contributed by atoms with Crippen molar-refractivity contribution in [2.75, 3.05) is 41.0 Å². The van der Waals surface area contributed by atoms with Crippen LogP contribution in [0.1, 0.15) is 136 Å². The van der Waals surface area contributed by atoms with E-state index in [1.807, 2.05) is 21.1 Å². The Kier molecular flexibility index (Phi) is 28.3. The van der Waals surface area contributed by atoms with Gasteiger partial charge in [-0.25, -0.2) is 4.79 Å². The van der Waals surface area contributed by atoms with Crippen molar-refractivity contribution in [2.45, 2.75) is 148 Å². The van der Waals surface area contributed by atoms with Crippen LogP contribution in [0, 0.1) is 0 Å². The SMILES string of the molecule is CC/C=C/C=C/C=C/CCCCCCCCCC(=O)OC(COCCC(C(=O)O)[N+](C)(C)C)COC(=O)CCCCCCCCC. The number of hydrogen-bond acceptors (Lipinski definition) is 6. The second kappa shape index (κ2) is 29.9. The molecule has 0 saturated heterocycles. The Balaban J connectivity index is 4.42. The molecule has 8 nitrogen and oxygen atoms in total. The average Bonchev–Trinajstić information content (AvgIpc) is 3.00. The number of esters is 2. The van der Waals surface area contributed by atoms with Crippen molar-refractivity contribution in [3.63, 3.8) is 0 Å². The van der Waals surface area contributed by atoms with Gasteiger partial charge in [-0.2, -0.15) is 0 Å². The molecule has 8 heteroatoms. The lowest BCUT2D eigenvalue weighted by atomic mass is 10.1. The van der Waals surface area contributed by atoms with Crippen molar-refractivity contribution < 1.29 is 38.2 Å². The minimum absolute atomic E-state index is 0.0554. The molecule has 46 heavy (non-hydrogen) atoms. The third-order valence-electron chi connectivity index (χ3n) is 7.87. The molecule has 0 saturated carbocycles. The average molecular weight is 651 g/mol. The zero-order valence-electron chi connectivity index (χ0n) is 30.0. The van der Waals surface area contributed by atoms with Gasteiger partial charge in [-0.05, 0) is 32.1 Å². The van der Waals surface area contributed by atoms with Gasteiger partial charge in [-0.3, -0.25) is 9.59 Å². The Morgan fingerprint density at radius 1 is 0.674 bits per heavy atom. The Labute approximate surface area is 281 Å². The van der Waals surface area contributed by atoms with Crippen molar-refractivity contribution >= 4 is 17.9 Å². The molecule has 0 rings (SSSR count). The van der Waals surface area contributed by atoms with Crippen molar-refractivity contribution in [1.82, 2.24) is 0 Å². The van der Waals surface area contributed by atoms with E-state index in [4.69, 9.17) is 14.2 Å². The van der Waals surface area contributed by atoms with E-state index in [0.717, 1.165) is 57.8 Å². The van der Waals surface area contributed by atoms with Gasteiger partial charge in [0.15, 0.2) is 12.1 Å². The minimum atomic E-state index is -0.880. The summed E-state index contributed by atoms with van der Waals surface area (Å²) in [7, 11) is 5.50. The number of quaternary nitrogens is 1. The van der Waals surface area contributed by atoms with Crippen molar-refractivity contribution in [2.24, 2.45) is 0 Å². The Hall–Kier alpha value is -2.45. The number of carbonyl (C=O) groups is 3. The summed E-state index contributed by atoms with van der Waals surface area (Å²) in [4.78, 5) is 36.6. The van der Waals surface area contributed by atoms with Gasteiger partial charge in [0.1, 0.15) is 6.61 Å². The van der Waals surface area contributed by atoms with Crippen LogP contribution in [0.25, 0.3) is 0 Å². The number of unbranched alkanes of at least 4 members (excludes halogenated alkanes) is 13. The van der Waals surface area contributed by atoms with E-state index in [2.05, 4.69) is 50.3 Å². The van der Waals surface area contributed by atoms with E-state index in [-0.39, 0.29) is 36.2 Å². The van der Waals surface area contributed by atoms with Gasteiger partial charge in [0.2, 0.25) is 0 Å². The lowest BCUT2D eigenvalue weighted by Gasteiger charge is -2.31.